The molecular formula is C32H32F2N4O3S. The maximum Gasteiger partial charge on any atom is 0.270 e. The number of aromatic nitrogens is 2. The Morgan fingerprint density at radius 2 is 1.83 bits per heavy atom. The molecule has 2 aliphatic carbocycles. The molecule has 6 rings (SSSR count). The van der Waals surface area contributed by atoms with Crippen LogP contribution in [0.3, 0.4) is 0 Å². The largest absolute Gasteiger partial charge is 0.337 e. The van der Waals surface area contributed by atoms with Gasteiger partial charge in [0.15, 0.2) is 0 Å². The molecule has 1 aromatic heterocycles. The zero-order chi connectivity index (χ0) is 29.6. The summed E-state index contributed by atoms with van der Waals surface area (Å²) in [5, 5.41) is 0. The van der Waals surface area contributed by atoms with Crippen molar-refractivity contribution in [1.29, 1.82) is 0 Å². The van der Waals surface area contributed by atoms with Gasteiger partial charge in [0.1, 0.15) is 5.82 Å². The van der Waals surface area contributed by atoms with Gasteiger partial charge in [-0.25, -0.2) is 26.9 Å². The minimum atomic E-state index is -3.97. The molecule has 1 amide bonds. The lowest BCUT2D eigenvalue weighted by molar-refractivity contribution is -0.120. The van der Waals surface area contributed by atoms with Crippen molar-refractivity contribution in [3.63, 3.8) is 0 Å². The average molecular weight is 591 g/mol. The molecular weight excluding hydrogens is 558 g/mol. The summed E-state index contributed by atoms with van der Waals surface area (Å²) >= 11 is 0. The SMILES string of the molecule is Cn1ccnc1CN(C(=O)C1CC1c1ccccc1)c1ccc2c(c1)[C@@H](NS(=O)(=O)c1ccc(C(C)(F)F)cc1)CC2. The van der Waals surface area contributed by atoms with E-state index in [0.29, 0.717) is 18.5 Å². The molecule has 0 saturated heterocycles. The lowest BCUT2D eigenvalue weighted by Crippen LogP contribution is -2.33. The average Bonchev–Trinajstić information content (AvgIpc) is 3.54. The van der Waals surface area contributed by atoms with E-state index in [0.717, 1.165) is 48.0 Å². The van der Waals surface area contributed by atoms with E-state index in [1.54, 1.807) is 11.1 Å². The number of nitrogens with zero attached hydrogens (tertiary/aromatic N) is 3. The van der Waals surface area contributed by atoms with E-state index < -0.39 is 22.0 Å². The molecule has 4 aromatic rings. The Hall–Kier alpha value is -3.89. The highest BCUT2D eigenvalue weighted by atomic mass is 32.2. The van der Waals surface area contributed by atoms with Gasteiger partial charge in [0.05, 0.1) is 11.4 Å². The number of hydrogen-bond donors (Lipinski definition) is 1. The number of hydrogen-bond acceptors (Lipinski definition) is 4. The predicted molar refractivity (Wildman–Crippen MR) is 156 cm³/mol. The summed E-state index contributed by atoms with van der Waals surface area (Å²) in [5.74, 6) is -2.30. The van der Waals surface area contributed by atoms with Crippen LogP contribution in [0.15, 0.2) is 90.1 Å². The summed E-state index contributed by atoms with van der Waals surface area (Å²) in [6, 6.07) is 20.0. The number of halogens is 2. The van der Waals surface area contributed by atoms with Gasteiger partial charge in [-0.2, -0.15) is 0 Å². The third-order valence-electron chi connectivity index (χ3n) is 8.31. The van der Waals surface area contributed by atoms with Crippen molar-refractivity contribution in [3.8, 4) is 0 Å². The van der Waals surface area contributed by atoms with Crippen molar-refractivity contribution >= 4 is 21.6 Å². The number of anilines is 1. The number of alkyl halides is 2. The zero-order valence-electron chi connectivity index (χ0n) is 23.4. The van der Waals surface area contributed by atoms with Gasteiger partial charge in [-0.05, 0) is 66.1 Å². The number of nitrogens with one attached hydrogen (secondary N) is 1. The smallest absolute Gasteiger partial charge is 0.270 e. The first-order valence-electron chi connectivity index (χ1n) is 14.0. The summed E-state index contributed by atoms with van der Waals surface area (Å²) in [6.07, 6.45) is 5.54. The van der Waals surface area contributed by atoms with Gasteiger partial charge in [0.2, 0.25) is 15.9 Å². The molecule has 2 unspecified atom stereocenters. The van der Waals surface area contributed by atoms with Crippen LogP contribution in [0.2, 0.25) is 0 Å². The van der Waals surface area contributed by atoms with Gasteiger partial charge >= 0.3 is 0 Å². The zero-order valence-corrected chi connectivity index (χ0v) is 24.2. The van der Waals surface area contributed by atoms with Gasteiger partial charge in [-0.1, -0.05) is 48.5 Å². The maximum atomic E-state index is 13.9. The quantitative estimate of drug-likeness (QED) is 0.266. The Balaban J connectivity index is 1.27. The Labute approximate surface area is 244 Å². The van der Waals surface area contributed by atoms with Crippen molar-refractivity contribution < 1.29 is 22.0 Å². The summed E-state index contributed by atoms with van der Waals surface area (Å²) in [4.78, 5) is 20.1. The van der Waals surface area contributed by atoms with Crippen molar-refractivity contribution in [2.75, 3.05) is 4.90 Å². The molecule has 1 heterocycles. The Morgan fingerprint density at radius 1 is 1.10 bits per heavy atom. The number of fused-ring (bicyclic) bond motifs is 1. The van der Waals surface area contributed by atoms with E-state index in [2.05, 4.69) is 21.8 Å². The first kappa shape index (κ1) is 28.2. The molecule has 10 heteroatoms. The number of carbonyl (C=O) groups excluding carboxylic acids is 1. The first-order valence-corrected chi connectivity index (χ1v) is 15.5. The molecule has 42 heavy (non-hydrogen) atoms. The highest BCUT2D eigenvalue weighted by molar-refractivity contribution is 7.89. The molecule has 1 N–H and O–H groups in total. The van der Waals surface area contributed by atoms with Crippen LogP contribution >= 0.6 is 0 Å². The second-order valence-electron chi connectivity index (χ2n) is 11.2. The first-order chi connectivity index (χ1) is 20.0. The number of aryl methyl sites for hydroxylation is 2. The van der Waals surface area contributed by atoms with E-state index in [1.165, 1.54) is 12.1 Å². The monoisotopic (exact) mass is 590 g/mol. The van der Waals surface area contributed by atoms with Crippen LogP contribution in [0, 0.1) is 5.92 Å². The maximum absolute atomic E-state index is 13.9. The van der Waals surface area contributed by atoms with Gasteiger partial charge in [0, 0.05) is 49.6 Å². The Kier molecular flexibility index (Phi) is 7.22. The van der Waals surface area contributed by atoms with E-state index in [9.17, 15) is 22.0 Å². The molecule has 3 aromatic carbocycles. The van der Waals surface area contributed by atoms with Crippen molar-refractivity contribution in [3.05, 3.63) is 113 Å². The van der Waals surface area contributed by atoms with Crippen molar-refractivity contribution in [2.45, 2.75) is 55.5 Å². The Bertz CT molecular complexity index is 1720. The van der Waals surface area contributed by atoms with Crippen LogP contribution in [0.25, 0.3) is 0 Å². The second kappa shape index (κ2) is 10.7. The third kappa shape index (κ3) is 5.61. The van der Waals surface area contributed by atoms with Crippen LogP contribution in [-0.4, -0.2) is 23.9 Å². The van der Waals surface area contributed by atoms with Crippen molar-refractivity contribution in [1.82, 2.24) is 14.3 Å². The normalized spacial score (nSPS) is 19.9. The van der Waals surface area contributed by atoms with Crippen LogP contribution in [0.4, 0.5) is 14.5 Å². The summed E-state index contributed by atoms with van der Waals surface area (Å²) < 4.78 is 58.4. The van der Waals surface area contributed by atoms with E-state index >= 15 is 0 Å². The van der Waals surface area contributed by atoms with E-state index in [4.69, 9.17) is 0 Å². The number of sulfonamides is 1. The van der Waals surface area contributed by atoms with Gasteiger partial charge in [0.25, 0.3) is 5.92 Å². The Morgan fingerprint density at radius 3 is 2.50 bits per heavy atom. The van der Waals surface area contributed by atoms with Crippen LogP contribution in [0.1, 0.15) is 59.8 Å². The number of rotatable bonds is 9. The van der Waals surface area contributed by atoms with Gasteiger partial charge < -0.3 is 9.47 Å². The van der Waals surface area contributed by atoms with Crippen LogP contribution < -0.4 is 9.62 Å². The molecule has 1 saturated carbocycles. The number of benzene rings is 3. The fraction of sp³-hybridized carbons (Fsp3) is 0.312. The summed E-state index contributed by atoms with van der Waals surface area (Å²) in [5.41, 5.74) is 3.39. The molecule has 1 fully saturated rings. The predicted octanol–water partition coefficient (Wildman–Crippen LogP) is 5.83. The molecule has 7 nitrogen and oxygen atoms in total. The van der Waals surface area contributed by atoms with Crippen LogP contribution in [0.5, 0.6) is 0 Å². The highest BCUT2D eigenvalue weighted by Crippen LogP contribution is 2.49. The molecule has 0 spiro atoms. The van der Waals surface area contributed by atoms with Crippen molar-refractivity contribution in [2.24, 2.45) is 13.0 Å². The number of carbonyl (C=O) groups is 1. The highest BCUT2D eigenvalue weighted by Gasteiger charge is 2.46. The topological polar surface area (TPSA) is 84.3 Å². The number of amides is 1. The second-order valence-corrected chi connectivity index (χ2v) is 13.0. The molecule has 0 aliphatic heterocycles. The lowest BCUT2D eigenvalue weighted by atomic mass is 10.1. The van der Waals surface area contributed by atoms with Crippen LogP contribution in [-0.2, 0) is 40.8 Å². The minimum absolute atomic E-state index is 0.00902. The fourth-order valence-corrected chi connectivity index (χ4v) is 7.04. The molecule has 2 aliphatic rings. The number of imidazole rings is 1. The summed E-state index contributed by atoms with van der Waals surface area (Å²) in [6.45, 7) is 1.05. The lowest BCUT2D eigenvalue weighted by Gasteiger charge is -2.25. The molecule has 218 valence electrons. The third-order valence-corrected chi connectivity index (χ3v) is 9.80. The van der Waals surface area contributed by atoms with Gasteiger partial charge in [-0.3, -0.25) is 4.79 Å². The van der Waals surface area contributed by atoms with E-state index in [1.807, 2.05) is 54.2 Å². The molecule has 0 radical (unpaired) electrons. The fourth-order valence-electron chi connectivity index (χ4n) is 5.79. The van der Waals surface area contributed by atoms with E-state index in [-0.39, 0.29) is 34.7 Å². The standard InChI is InChI=1S/C32H32F2N4O3S/c1-32(33,34)23-10-13-25(14-11-23)42(40,41)36-29-15-9-22-8-12-24(18-27(22)29)38(20-30-35-16-17-37(30)2)31(39)28-19-26(28)21-6-4-3-5-7-21/h3-8,10-14,16-18,26,28-29,36H,9,15,19-20H2,1-2H3/t26?,28?,29-/m0/s1. The summed E-state index contributed by atoms with van der Waals surface area (Å²) in [7, 11) is -2.09. The minimum Gasteiger partial charge on any atom is -0.337 e. The van der Waals surface area contributed by atoms with Gasteiger partial charge in [-0.15, -0.1) is 0 Å². The molecule has 0 bridgehead atoms. The molecule has 3 atom stereocenters.